The average molecular weight is 320 g/mol. The van der Waals surface area contributed by atoms with Crippen molar-refractivity contribution in [3.63, 3.8) is 0 Å². The summed E-state index contributed by atoms with van der Waals surface area (Å²) in [7, 11) is 0. The van der Waals surface area contributed by atoms with Gasteiger partial charge in [0.15, 0.2) is 5.78 Å². The summed E-state index contributed by atoms with van der Waals surface area (Å²) < 4.78 is 11.1. The molecule has 0 aromatic carbocycles. The van der Waals surface area contributed by atoms with Crippen LogP contribution < -0.4 is 0 Å². The highest BCUT2D eigenvalue weighted by Crippen LogP contribution is 2.51. The zero-order valence-electron chi connectivity index (χ0n) is 15.1. The van der Waals surface area contributed by atoms with Crippen LogP contribution in [0.1, 0.15) is 60.8 Å². The molecule has 0 N–H and O–H groups in total. The Labute approximate surface area is 138 Å². The minimum absolute atomic E-state index is 0.0648. The van der Waals surface area contributed by atoms with Gasteiger partial charge in [0.2, 0.25) is 0 Å². The van der Waals surface area contributed by atoms with E-state index in [-0.39, 0.29) is 23.7 Å². The second-order valence-corrected chi connectivity index (χ2v) is 7.30. The number of allylic oxidation sites excluding steroid dienone is 2. The Kier molecular flexibility index (Phi) is 4.74. The normalized spacial score (nSPS) is 29.8. The maximum absolute atomic E-state index is 12.7. The maximum Gasteiger partial charge on any atom is 0.359 e. The Morgan fingerprint density at radius 2 is 2.00 bits per heavy atom. The predicted molar refractivity (Wildman–Crippen MR) is 88.7 cm³/mol. The molecule has 2 atom stereocenters. The molecule has 0 radical (unpaired) electrons. The van der Waals surface area contributed by atoms with Crippen molar-refractivity contribution in [2.45, 2.75) is 66.4 Å². The fourth-order valence-corrected chi connectivity index (χ4v) is 4.16. The van der Waals surface area contributed by atoms with Gasteiger partial charge in [0, 0.05) is 0 Å². The highest BCUT2D eigenvalue weighted by Gasteiger charge is 2.59. The third kappa shape index (κ3) is 2.84. The van der Waals surface area contributed by atoms with Gasteiger partial charge in [-0.3, -0.25) is 4.79 Å². The standard InChI is InChI=1S/C19H28O4/c1-7-22-17(21)19(14(4)20)15(11-13(3)23-19)16-12(2)9-8-10-18(16,5)6/h11,15H,7-10H2,1-6H3/t15-,19+/m0/s1. The first-order chi connectivity index (χ1) is 10.7. The largest absolute Gasteiger partial charge is 0.472 e. The van der Waals surface area contributed by atoms with Gasteiger partial charge < -0.3 is 9.47 Å². The molecule has 2 rings (SSSR count). The molecule has 4 nitrogen and oxygen atoms in total. The van der Waals surface area contributed by atoms with E-state index in [2.05, 4.69) is 20.8 Å². The lowest BCUT2D eigenvalue weighted by atomic mass is 9.64. The smallest absolute Gasteiger partial charge is 0.359 e. The Bertz CT molecular complexity index is 582. The van der Waals surface area contributed by atoms with Crippen LogP contribution in [0.3, 0.4) is 0 Å². The second kappa shape index (κ2) is 6.14. The zero-order chi connectivity index (χ0) is 17.4. The second-order valence-electron chi connectivity index (χ2n) is 7.30. The van der Waals surface area contributed by atoms with Crippen LogP contribution in [0.25, 0.3) is 0 Å². The zero-order valence-corrected chi connectivity index (χ0v) is 15.1. The molecule has 1 heterocycles. The highest BCUT2D eigenvalue weighted by molar-refractivity contribution is 6.08. The Balaban J connectivity index is 2.61. The number of hydrogen-bond donors (Lipinski definition) is 0. The van der Waals surface area contributed by atoms with Crippen LogP contribution >= 0.6 is 0 Å². The van der Waals surface area contributed by atoms with E-state index in [0.29, 0.717) is 5.76 Å². The minimum Gasteiger partial charge on any atom is -0.472 e. The van der Waals surface area contributed by atoms with E-state index < -0.39 is 11.6 Å². The van der Waals surface area contributed by atoms with Gasteiger partial charge in [-0.2, -0.15) is 0 Å². The molecule has 0 saturated heterocycles. The lowest BCUT2D eigenvalue weighted by molar-refractivity contribution is -0.172. The van der Waals surface area contributed by atoms with Crippen LogP contribution in [0.5, 0.6) is 0 Å². The molecule has 0 fully saturated rings. The molecule has 0 spiro atoms. The fraction of sp³-hybridized carbons (Fsp3) is 0.684. The molecule has 1 aliphatic carbocycles. The Morgan fingerprint density at radius 3 is 2.52 bits per heavy atom. The van der Waals surface area contributed by atoms with Crippen molar-refractivity contribution in [1.82, 2.24) is 0 Å². The van der Waals surface area contributed by atoms with E-state index in [4.69, 9.17) is 9.47 Å². The summed E-state index contributed by atoms with van der Waals surface area (Å²) in [6.07, 6.45) is 5.09. The number of rotatable bonds is 4. The van der Waals surface area contributed by atoms with Gasteiger partial charge in [0.1, 0.15) is 0 Å². The molecule has 0 aromatic rings. The SMILES string of the molecule is CCOC(=O)[C@]1(C(C)=O)OC(C)=C[C@H]1C1=C(C)CCCC1(C)C. The molecular formula is C19H28O4. The topological polar surface area (TPSA) is 52.6 Å². The van der Waals surface area contributed by atoms with Gasteiger partial charge in [-0.25, -0.2) is 4.79 Å². The summed E-state index contributed by atoms with van der Waals surface area (Å²) in [5.41, 5.74) is 0.787. The van der Waals surface area contributed by atoms with Gasteiger partial charge in [0.25, 0.3) is 5.60 Å². The van der Waals surface area contributed by atoms with Crippen molar-refractivity contribution < 1.29 is 19.1 Å². The van der Waals surface area contributed by atoms with Gasteiger partial charge in [-0.1, -0.05) is 25.0 Å². The first-order valence-electron chi connectivity index (χ1n) is 8.42. The number of ketones is 1. The first-order valence-corrected chi connectivity index (χ1v) is 8.42. The van der Waals surface area contributed by atoms with Crippen LogP contribution in [0.15, 0.2) is 23.0 Å². The Hall–Kier alpha value is -1.58. The molecule has 0 unspecified atom stereocenters. The summed E-state index contributed by atoms with van der Waals surface area (Å²) >= 11 is 0. The molecule has 0 bridgehead atoms. The van der Waals surface area contributed by atoms with Crippen LogP contribution in [0.4, 0.5) is 0 Å². The van der Waals surface area contributed by atoms with Crippen LogP contribution in [0.2, 0.25) is 0 Å². The molecule has 2 aliphatic rings. The molecule has 128 valence electrons. The number of ether oxygens (including phenoxy) is 2. The minimum atomic E-state index is -1.56. The van der Waals surface area contributed by atoms with Gasteiger partial charge in [-0.05, 0) is 58.4 Å². The molecule has 1 aliphatic heterocycles. The molecule has 23 heavy (non-hydrogen) atoms. The van der Waals surface area contributed by atoms with Crippen LogP contribution in [-0.2, 0) is 19.1 Å². The fourth-order valence-electron chi connectivity index (χ4n) is 4.16. The molecule has 4 heteroatoms. The number of carbonyl (C=O) groups is 2. The summed E-state index contributed by atoms with van der Waals surface area (Å²) in [6.45, 7) is 11.7. The van der Waals surface area contributed by atoms with Gasteiger partial charge in [0.05, 0.1) is 18.3 Å². The molecule has 0 saturated carbocycles. The summed E-state index contributed by atoms with van der Waals surface area (Å²) in [5, 5.41) is 0. The molecule has 0 amide bonds. The number of esters is 1. The summed E-state index contributed by atoms with van der Waals surface area (Å²) in [5.74, 6) is -0.641. The lowest BCUT2D eigenvalue weighted by Crippen LogP contribution is -2.53. The number of hydrogen-bond acceptors (Lipinski definition) is 4. The van der Waals surface area contributed by atoms with E-state index in [0.717, 1.165) is 24.8 Å². The van der Waals surface area contributed by atoms with E-state index in [1.54, 1.807) is 13.8 Å². The lowest BCUT2D eigenvalue weighted by Gasteiger charge is -2.41. The average Bonchev–Trinajstić information content (AvgIpc) is 2.76. The molecular weight excluding hydrogens is 292 g/mol. The summed E-state index contributed by atoms with van der Waals surface area (Å²) in [4.78, 5) is 25.2. The van der Waals surface area contributed by atoms with E-state index in [1.165, 1.54) is 12.5 Å². The van der Waals surface area contributed by atoms with Crippen molar-refractivity contribution in [3.05, 3.63) is 23.0 Å². The van der Waals surface area contributed by atoms with Crippen molar-refractivity contribution in [1.29, 1.82) is 0 Å². The van der Waals surface area contributed by atoms with Crippen molar-refractivity contribution >= 4 is 11.8 Å². The molecule has 0 aromatic heterocycles. The Morgan fingerprint density at radius 1 is 1.35 bits per heavy atom. The predicted octanol–water partition coefficient (Wildman–Crippen LogP) is 3.95. The summed E-state index contributed by atoms with van der Waals surface area (Å²) in [6, 6.07) is 0. The van der Waals surface area contributed by atoms with E-state index >= 15 is 0 Å². The van der Waals surface area contributed by atoms with E-state index in [9.17, 15) is 9.59 Å². The number of carbonyl (C=O) groups excluding carboxylic acids is 2. The quantitative estimate of drug-likeness (QED) is 0.447. The maximum atomic E-state index is 12.7. The van der Waals surface area contributed by atoms with Gasteiger partial charge >= 0.3 is 5.97 Å². The third-order valence-corrected chi connectivity index (χ3v) is 5.12. The van der Waals surface area contributed by atoms with Crippen molar-refractivity contribution in [2.75, 3.05) is 6.61 Å². The highest BCUT2D eigenvalue weighted by atomic mass is 16.6. The monoisotopic (exact) mass is 320 g/mol. The third-order valence-electron chi connectivity index (χ3n) is 5.12. The van der Waals surface area contributed by atoms with Crippen LogP contribution in [-0.4, -0.2) is 24.0 Å². The van der Waals surface area contributed by atoms with Gasteiger partial charge in [-0.15, -0.1) is 0 Å². The van der Waals surface area contributed by atoms with E-state index in [1.807, 2.05) is 6.08 Å². The van der Waals surface area contributed by atoms with Crippen molar-refractivity contribution in [2.24, 2.45) is 11.3 Å². The first kappa shape index (κ1) is 17.8. The van der Waals surface area contributed by atoms with Crippen LogP contribution in [0, 0.1) is 11.3 Å². The van der Waals surface area contributed by atoms with Crippen molar-refractivity contribution in [3.8, 4) is 0 Å². The number of Topliss-reactive ketones (excluding diaryl/α,β-unsaturated/α-hetero) is 1.